The van der Waals surface area contributed by atoms with Gasteiger partial charge in [0.15, 0.2) is 5.58 Å². The lowest BCUT2D eigenvalue weighted by Crippen LogP contribution is -1.86. The lowest BCUT2D eigenvalue weighted by atomic mass is 10.2. The van der Waals surface area contributed by atoms with Crippen LogP contribution in [0.1, 0.15) is 11.5 Å². The summed E-state index contributed by atoms with van der Waals surface area (Å²) in [7, 11) is 0. The van der Waals surface area contributed by atoms with Crippen molar-refractivity contribution in [1.29, 1.82) is 0 Å². The normalized spacial score (nSPS) is 11.4. The van der Waals surface area contributed by atoms with Crippen LogP contribution in [0.4, 0.5) is 5.69 Å². The largest absolute Gasteiger partial charge is 0.437 e. The molecule has 0 amide bonds. The zero-order valence-electron chi connectivity index (χ0n) is 11.0. The molecule has 0 aliphatic carbocycles. The van der Waals surface area contributed by atoms with E-state index in [2.05, 4.69) is 4.98 Å². The van der Waals surface area contributed by atoms with Gasteiger partial charge in [0.25, 0.3) is 5.69 Å². The molecule has 110 valence electrons. The fourth-order valence-corrected chi connectivity index (χ4v) is 2.30. The summed E-state index contributed by atoms with van der Waals surface area (Å²) >= 11 is 12.0. The number of rotatable bonds is 3. The second-order valence-electron chi connectivity index (χ2n) is 4.44. The molecule has 0 bridgehead atoms. The van der Waals surface area contributed by atoms with Crippen LogP contribution < -0.4 is 0 Å². The van der Waals surface area contributed by atoms with E-state index in [1.807, 2.05) is 0 Å². The van der Waals surface area contributed by atoms with Gasteiger partial charge in [-0.25, -0.2) is 4.98 Å². The van der Waals surface area contributed by atoms with Crippen molar-refractivity contribution in [1.82, 2.24) is 4.98 Å². The van der Waals surface area contributed by atoms with Crippen LogP contribution in [0.15, 0.2) is 40.8 Å². The van der Waals surface area contributed by atoms with Crippen LogP contribution in [0.25, 0.3) is 23.3 Å². The molecule has 0 unspecified atom stereocenters. The number of hydrogen-bond acceptors (Lipinski definition) is 4. The summed E-state index contributed by atoms with van der Waals surface area (Å²) in [6, 6.07) is 9.53. The van der Waals surface area contributed by atoms with Gasteiger partial charge in [-0.3, -0.25) is 10.1 Å². The highest BCUT2D eigenvalue weighted by molar-refractivity contribution is 6.42. The number of nitro benzene ring substituents is 1. The number of aromatic nitrogens is 1. The molecule has 0 saturated heterocycles. The lowest BCUT2D eigenvalue weighted by molar-refractivity contribution is -0.384. The van der Waals surface area contributed by atoms with E-state index in [-0.39, 0.29) is 5.69 Å². The van der Waals surface area contributed by atoms with Crippen molar-refractivity contribution in [2.75, 3.05) is 0 Å². The molecule has 3 aromatic rings. The molecule has 0 N–H and O–H groups in total. The van der Waals surface area contributed by atoms with E-state index in [4.69, 9.17) is 27.6 Å². The number of nitro groups is 1. The maximum absolute atomic E-state index is 10.7. The molecule has 0 atom stereocenters. The monoisotopic (exact) mass is 334 g/mol. The summed E-state index contributed by atoms with van der Waals surface area (Å²) in [4.78, 5) is 14.4. The van der Waals surface area contributed by atoms with Gasteiger partial charge >= 0.3 is 0 Å². The maximum atomic E-state index is 10.7. The van der Waals surface area contributed by atoms with E-state index in [1.54, 1.807) is 30.4 Å². The number of oxazole rings is 1. The Morgan fingerprint density at radius 2 is 2.00 bits per heavy atom. The molecular formula is C15H8Cl2N2O3. The number of hydrogen-bond donors (Lipinski definition) is 0. The van der Waals surface area contributed by atoms with E-state index < -0.39 is 4.92 Å². The molecule has 22 heavy (non-hydrogen) atoms. The summed E-state index contributed by atoms with van der Waals surface area (Å²) in [5, 5.41) is 11.6. The van der Waals surface area contributed by atoms with Crippen molar-refractivity contribution in [2.24, 2.45) is 0 Å². The van der Waals surface area contributed by atoms with Crippen molar-refractivity contribution < 1.29 is 9.34 Å². The predicted octanol–water partition coefficient (Wildman–Crippen LogP) is 5.21. The van der Waals surface area contributed by atoms with Crippen molar-refractivity contribution in [3.05, 3.63) is 68.0 Å². The SMILES string of the molecule is O=[N+]([O-])c1ccc2oc(/C=C/c3cccc(Cl)c3Cl)nc2c1. The van der Waals surface area contributed by atoms with Crippen molar-refractivity contribution in [2.45, 2.75) is 0 Å². The van der Waals surface area contributed by atoms with Gasteiger partial charge in [0.05, 0.1) is 15.0 Å². The van der Waals surface area contributed by atoms with Gasteiger partial charge in [0.1, 0.15) is 5.52 Å². The van der Waals surface area contributed by atoms with Crippen LogP contribution in [0.5, 0.6) is 0 Å². The number of benzene rings is 2. The quantitative estimate of drug-likeness (QED) is 0.486. The molecule has 7 heteroatoms. The summed E-state index contributed by atoms with van der Waals surface area (Å²) in [6.45, 7) is 0. The van der Waals surface area contributed by atoms with Gasteiger partial charge in [0.2, 0.25) is 5.89 Å². The molecule has 5 nitrogen and oxygen atoms in total. The average molecular weight is 335 g/mol. The van der Waals surface area contributed by atoms with Crippen LogP contribution in [0.3, 0.4) is 0 Å². The third kappa shape index (κ3) is 2.81. The zero-order valence-corrected chi connectivity index (χ0v) is 12.5. The average Bonchev–Trinajstić information content (AvgIpc) is 2.90. The van der Waals surface area contributed by atoms with Crippen molar-refractivity contribution in [3.63, 3.8) is 0 Å². The Bertz CT molecular complexity index is 903. The second-order valence-corrected chi connectivity index (χ2v) is 5.22. The summed E-state index contributed by atoms with van der Waals surface area (Å²) in [5.41, 5.74) is 1.59. The molecular weight excluding hydrogens is 327 g/mol. The first kappa shape index (κ1) is 14.6. The number of halogens is 2. The fraction of sp³-hybridized carbons (Fsp3) is 0. The molecule has 0 fully saturated rings. The third-order valence-corrected chi connectivity index (χ3v) is 3.82. The minimum absolute atomic E-state index is 0.0331. The number of fused-ring (bicyclic) bond motifs is 1. The molecule has 0 aliphatic rings. The Hall–Kier alpha value is -2.37. The van der Waals surface area contributed by atoms with E-state index in [0.29, 0.717) is 27.0 Å². The molecule has 1 aromatic heterocycles. The minimum Gasteiger partial charge on any atom is -0.437 e. The van der Waals surface area contributed by atoms with E-state index in [1.165, 1.54) is 18.2 Å². The van der Waals surface area contributed by atoms with Crippen LogP contribution in [0.2, 0.25) is 10.0 Å². The Kier molecular flexibility index (Phi) is 3.83. The predicted molar refractivity (Wildman–Crippen MR) is 86.1 cm³/mol. The molecule has 3 rings (SSSR count). The van der Waals surface area contributed by atoms with Crippen LogP contribution >= 0.6 is 23.2 Å². The molecule has 0 aliphatic heterocycles. The first-order valence-corrected chi connectivity index (χ1v) is 6.97. The van der Waals surface area contributed by atoms with E-state index in [9.17, 15) is 10.1 Å². The minimum atomic E-state index is -0.477. The summed E-state index contributed by atoms with van der Waals surface area (Å²) in [6.07, 6.45) is 3.34. The number of non-ortho nitro benzene ring substituents is 1. The zero-order chi connectivity index (χ0) is 15.7. The van der Waals surface area contributed by atoms with Gasteiger partial charge in [-0.1, -0.05) is 35.3 Å². The highest BCUT2D eigenvalue weighted by atomic mass is 35.5. The topological polar surface area (TPSA) is 69.2 Å². The standard InChI is InChI=1S/C15H8Cl2N2O3/c16-11-3-1-2-9(15(11)17)4-7-14-18-12-8-10(19(20)21)5-6-13(12)22-14/h1-8H/b7-4+. The molecule has 0 spiro atoms. The maximum Gasteiger partial charge on any atom is 0.271 e. The second kappa shape index (κ2) is 5.79. The highest BCUT2D eigenvalue weighted by Gasteiger charge is 2.10. The Labute approximate surface area is 134 Å². The summed E-state index contributed by atoms with van der Waals surface area (Å²) in [5.74, 6) is 0.326. The van der Waals surface area contributed by atoms with Crippen LogP contribution in [-0.4, -0.2) is 9.91 Å². The van der Waals surface area contributed by atoms with E-state index in [0.717, 1.165) is 5.56 Å². The van der Waals surface area contributed by atoms with Crippen molar-refractivity contribution >= 4 is 52.1 Å². The first-order chi connectivity index (χ1) is 10.5. The van der Waals surface area contributed by atoms with Gasteiger partial charge < -0.3 is 4.42 Å². The Balaban J connectivity index is 1.95. The number of nitrogens with zero attached hydrogens (tertiary/aromatic N) is 2. The van der Waals surface area contributed by atoms with Gasteiger partial charge in [-0.2, -0.15) is 0 Å². The smallest absolute Gasteiger partial charge is 0.271 e. The molecule has 1 heterocycles. The molecule has 0 radical (unpaired) electrons. The van der Waals surface area contributed by atoms with E-state index >= 15 is 0 Å². The van der Waals surface area contributed by atoms with Crippen LogP contribution in [0, 0.1) is 10.1 Å². The van der Waals surface area contributed by atoms with Gasteiger partial charge in [-0.15, -0.1) is 0 Å². The molecule has 0 saturated carbocycles. The Morgan fingerprint density at radius 1 is 1.18 bits per heavy atom. The first-order valence-electron chi connectivity index (χ1n) is 6.21. The third-order valence-electron chi connectivity index (χ3n) is 2.99. The molecule has 2 aromatic carbocycles. The van der Waals surface area contributed by atoms with Crippen molar-refractivity contribution in [3.8, 4) is 0 Å². The van der Waals surface area contributed by atoms with Gasteiger partial charge in [-0.05, 0) is 23.8 Å². The summed E-state index contributed by atoms with van der Waals surface area (Å²) < 4.78 is 5.50. The highest BCUT2D eigenvalue weighted by Crippen LogP contribution is 2.27. The van der Waals surface area contributed by atoms with Gasteiger partial charge in [0, 0.05) is 18.2 Å². The van der Waals surface area contributed by atoms with Crippen LogP contribution in [-0.2, 0) is 0 Å². The fourth-order valence-electron chi connectivity index (χ4n) is 1.93. The lowest BCUT2D eigenvalue weighted by Gasteiger charge is -1.98. The Morgan fingerprint density at radius 3 is 2.77 bits per heavy atom.